The van der Waals surface area contributed by atoms with Gasteiger partial charge in [-0.25, -0.2) is 0 Å². The first-order valence-electron chi connectivity index (χ1n) is 10.1. The lowest BCUT2D eigenvalue weighted by atomic mass is 10.0. The molecule has 0 unspecified atom stereocenters. The largest absolute Gasteiger partial charge is 0.497 e. The van der Waals surface area contributed by atoms with Crippen molar-refractivity contribution in [1.29, 1.82) is 0 Å². The highest BCUT2D eigenvalue weighted by Crippen LogP contribution is 2.26. The van der Waals surface area contributed by atoms with Gasteiger partial charge >= 0.3 is 0 Å². The van der Waals surface area contributed by atoms with E-state index < -0.39 is 0 Å². The van der Waals surface area contributed by atoms with Crippen molar-refractivity contribution in [1.82, 2.24) is 10.2 Å². The number of methoxy groups -OCH3 is 1. The summed E-state index contributed by atoms with van der Waals surface area (Å²) >= 11 is 0. The van der Waals surface area contributed by atoms with Gasteiger partial charge in [0.1, 0.15) is 5.75 Å². The fourth-order valence-corrected chi connectivity index (χ4v) is 3.75. The number of hydrogen-bond acceptors (Lipinski definition) is 4. The lowest BCUT2D eigenvalue weighted by Crippen LogP contribution is -2.40. The van der Waals surface area contributed by atoms with Gasteiger partial charge in [0.15, 0.2) is 0 Å². The van der Waals surface area contributed by atoms with Gasteiger partial charge in [-0.05, 0) is 61.8 Å². The minimum Gasteiger partial charge on any atom is -0.497 e. The van der Waals surface area contributed by atoms with Gasteiger partial charge in [0.2, 0.25) is 5.91 Å². The Morgan fingerprint density at radius 3 is 2.45 bits per heavy atom. The first kappa shape index (κ1) is 20.9. The molecule has 0 spiro atoms. The van der Waals surface area contributed by atoms with Crippen LogP contribution in [-0.2, 0) is 4.79 Å². The number of nitrogens with one attached hydrogen (secondary N) is 2. The zero-order chi connectivity index (χ0) is 20.6. The van der Waals surface area contributed by atoms with Crippen LogP contribution in [0.1, 0.15) is 48.1 Å². The summed E-state index contributed by atoms with van der Waals surface area (Å²) in [6.45, 7) is 4.04. The molecule has 1 aliphatic rings. The van der Waals surface area contributed by atoms with Crippen LogP contribution in [0.2, 0.25) is 0 Å². The zero-order valence-corrected chi connectivity index (χ0v) is 17.1. The molecule has 2 amide bonds. The van der Waals surface area contributed by atoms with Crippen molar-refractivity contribution in [3.8, 4) is 5.75 Å². The van der Waals surface area contributed by atoms with Crippen molar-refractivity contribution in [2.24, 2.45) is 0 Å². The zero-order valence-electron chi connectivity index (χ0n) is 17.1. The molecular weight excluding hydrogens is 366 g/mol. The highest BCUT2D eigenvalue weighted by Gasteiger charge is 2.23. The van der Waals surface area contributed by atoms with Gasteiger partial charge in [-0.1, -0.05) is 24.6 Å². The molecule has 6 heteroatoms. The van der Waals surface area contributed by atoms with E-state index in [9.17, 15) is 9.59 Å². The van der Waals surface area contributed by atoms with Crippen molar-refractivity contribution in [3.63, 3.8) is 0 Å². The Balaban J connectivity index is 1.71. The monoisotopic (exact) mass is 395 g/mol. The topological polar surface area (TPSA) is 70.7 Å². The molecule has 1 fully saturated rings. The number of likely N-dealkylation sites (tertiary alicyclic amines) is 1. The summed E-state index contributed by atoms with van der Waals surface area (Å²) in [5.41, 5.74) is 2.32. The lowest BCUT2D eigenvalue weighted by Gasteiger charge is -2.35. The van der Waals surface area contributed by atoms with Crippen molar-refractivity contribution in [3.05, 3.63) is 59.7 Å². The van der Waals surface area contributed by atoms with Crippen LogP contribution < -0.4 is 15.4 Å². The Bertz CT molecular complexity index is 830. The van der Waals surface area contributed by atoms with E-state index in [1.807, 2.05) is 12.1 Å². The fourth-order valence-electron chi connectivity index (χ4n) is 3.75. The van der Waals surface area contributed by atoms with E-state index in [4.69, 9.17) is 4.74 Å². The minimum absolute atomic E-state index is 0.115. The normalized spacial score (nSPS) is 15.4. The number of rotatable bonds is 7. The van der Waals surface area contributed by atoms with E-state index in [2.05, 4.69) is 27.7 Å². The van der Waals surface area contributed by atoms with Crippen LogP contribution in [0.3, 0.4) is 0 Å². The average molecular weight is 396 g/mol. The highest BCUT2D eigenvalue weighted by molar-refractivity contribution is 5.96. The van der Waals surface area contributed by atoms with Crippen molar-refractivity contribution in [2.75, 3.05) is 32.1 Å². The van der Waals surface area contributed by atoms with Crippen molar-refractivity contribution < 1.29 is 14.3 Å². The molecule has 2 N–H and O–H groups in total. The molecule has 3 rings (SSSR count). The van der Waals surface area contributed by atoms with Crippen LogP contribution in [0.4, 0.5) is 5.69 Å². The first-order valence-corrected chi connectivity index (χ1v) is 10.1. The number of anilines is 1. The molecule has 0 aliphatic carbocycles. The maximum absolute atomic E-state index is 12.7. The Morgan fingerprint density at radius 2 is 1.79 bits per heavy atom. The maximum Gasteiger partial charge on any atom is 0.251 e. The standard InChI is InChI=1S/C23H29N3O3/c1-17(27)25-20-8-6-7-19(15-20)23(28)24-16-22(26-13-4-3-5-14-26)18-9-11-21(29-2)12-10-18/h6-12,15,22H,3-5,13-14,16H2,1-2H3,(H,24,28)(H,25,27)/t22-/m0/s1. The average Bonchev–Trinajstić information content (AvgIpc) is 2.74. The molecule has 2 aromatic rings. The Hall–Kier alpha value is -2.86. The predicted octanol–water partition coefficient (Wildman–Crippen LogP) is 3.61. The Labute approximate surface area is 172 Å². The van der Waals surface area contributed by atoms with E-state index >= 15 is 0 Å². The summed E-state index contributed by atoms with van der Waals surface area (Å²) in [6.07, 6.45) is 3.62. The lowest BCUT2D eigenvalue weighted by molar-refractivity contribution is -0.114. The second-order valence-corrected chi connectivity index (χ2v) is 7.36. The van der Waals surface area contributed by atoms with E-state index in [1.165, 1.54) is 31.7 Å². The molecule has 0 radical (unpaired) electrons. The summed E-state index contributed by atoms with van der Waals surface area (Å²) in [6, 6.07) is 15.2. The molecule has 0 bridgehead atoms. The fraction of sp³-hybridized carbons (Fsp3) is 0.391. The summed E-state index contributed by atoms with van der Waals surface area (Å²) < 4.78 is 5.28. The minimum atomic E-state index is -0.160. The SMILES string of the molecule is COc1ccc([C@H](CNC(=O)c2cccc(NC(C)=O)c2)N2CCCCC2)cc1. The van der Waals surface area contributed by atoms with Crippen LogP contribution in [0, 0.1) is 0 Å². The number of piperidine rings is 1. The molecule has 6 nitrogen and oxygen atoms in total. The number of carbonyl (C=O) groups excluding carboxylic acids is 2. The number of amides is 2. The van der Waals surface area contributed by atoms with Gasteiger partial charge in [-0.2, -0.15) is 0 Å². The van der Waals surface area contributed by atoms with E-state index in [-0.39, 0.29) is 17.9 Å². The molecule has 0 saturated carbocycles. The number of nitrogens with zero attached hydrogens (tertiary/aromatic N) is 1. The van der Waals surface area contributed by atoms with Gasteiger partial charge < -0.3 is 15.4 Å². The van der Waals surface area contributed by atoms with Crippen LogP contribution in [0.25, 0.3) is 0 Å². The predicted molar refractivity (Wildman–Crippen MR) is 114 cm³/mol. The van der Waals surface area contributed by atoms with Gasteiger partial charge in [-0.3, -0.25) is 14.5 Å². The maximum atomic E-state index is 12.7. The molecular formula is C23H29N3O3. The Morgan fingerprint density at radius 1 is 1.07 bits per heavy atom. The second kappa shape index (κ2) is 10.1. The molecule has 1 atom stereocenters. The van der Waals surface area contributed by atoms with Gasteiger partial charge in [-0.15, -0.1) is 0 Å². The van der Waals surface area contributed by atoms with Crippen LogP contribution >= 0.6 is 0 Å². The van der Waals surface area contributed by atoms with Crippen molar-refractivity contribution >= 4 is 17.5 Å². The third kappa shape index (κ3) is 5.81. The quantitative estimate of drug-likeness (QED) is 0.751. The van der Waals surface area contributed by atoms with Gasteiger partial charge in [0.05, 0.1) is 13.2 Å². The number of hydrogen-bond donors (Lipinski definition) is 2. The third-order valence-corrected chi connectivity index (χ3v) is 5.23. The van der Waals surface area contributed by atoms with Gasteiger partial charge in [0, 0.05) is 24.7 Å². The molecule has 29 heavy (non-hydrogen) atoms. The third-order valence-electron chi connectivity index (χ3n) is 5.23. The summed E-state index contributed by atoms with van der Waals surface area (Å²) in [7, 11) is 1.66. The van der Waals surface area contributed by atoms with Crippen LogP contribution in [-0.4, -0.2) is 43.5 Å². The Kier molecular flexibility index (Phi) is 7.25. The molecule has 1 saturated heterocycles. The van der Waals surface area contributed by atoms with E-state index in [1.54, 1.807) is 31.4 Å². The van der Waals surface area contributed by atoms with Crippen molar-refractivity contribution in [2.45, 2.75) is 32.2 Å². The molecule has 154 valence electrons. The summed E-state index contributed by atoms with van der Waals surface area (Å²) in [5.74, 6) is 0.518. The molecule has 1 aliphatic heterocycles. The smallest absolute Gasteiger partial charge is 0.251 e. The number of benzene rings is 2. The summed E-state index contributed by atoms with van der Waals surface area (Å²) in [4.78, 5) is 26.4. The molecule has 0 aromatic heterocycles. The van der Waals surface area contributed by atoms with Crippen LogP contribution in [0.15, 0.2) is 48.5 Å². The second-order valence-electron chi connectivity index (χ2n) is 7.36. The molecule has 1 heterocycles. The van der Waals surface area contributed by atoms with Crippen LogP contribution in [0.5, 0.6) is 5.75 Å². The van der Waals surface area contributed by atoms with E-state index in [0.717, 1.165) is 18.8 Å². The summed E-state index contributed by atoms with van der Waals surface area (Å²) in [5, 5.41) is 5.79. The number of ether oxygens (including phenoxy) is 1. The van der Waals surface area contributed by atoms with Gasteiger partial charge in [0.25, 0.3) is 5.91 Å². The highest BCUT2D eigenvalue weighted by atomic mass is 16.5. The first-order chi connectivity index (χ1) is 14.1. The molecule has 2 aromatic carbocycles. The van der Waals surface area contributed by atoms with E-state index in [0.29, 0.717) is 17.8 Å². The number of carbonyl (C=O) groups is 2.